The number of ketones is 1. The van der Waals surface area contributed by atoms with Gasteiger partial charge < -0.3 is 9.47 Å². The van der Waals surface area contributed by atoms with Crippen molar-refractivity contribution in [3.05, 3.63) is 59.4 Å². The number of benzene rings is 2. The highest BCUT2D eigenvalue weighted by Gasteiger charge is 2.16. The summed E-state index contributed by atoms with van der Waals surface area (Å²) in [5.74, 6) is 2.64. The van der Waals surface area contributed by atoms with E-state index in [0.717, 1.165) is 11.4 Å². The lowest BCUT2D eigenvalue weighted by Gasteiger charge is -2.11. The smallest absolute Gasteiger partial charge is 0.196 e. The fourth-order valence-electron chi connectivity index (χ4n) is 2.53. The van der Waals surface area contributed by atoms with E-state index in [1.807, 2.05) is 54.8 Å². The summed E-state index contributed by atoms with van der Waals surface area (Å²) in [7, 11) is 0. The van der Waals surface area contributed by atoms with E-state index < -0.39 is 0 Å². The Labute approximate surface area is 179 Å². The van der Waals surface area contributed by atoms with Gasteiger partial charge in [0.15, 0.2) is 11.0 Å². The molecule has 3 aromatic rings. The van der Waals surface area contributed by atoms with Crippen LogP contribution < -0.4 is 9.47 Å². The lowest BCUT2D eigenvalue weighted by molar-refractivity contribution is -0.116. The molecule has 1 aromatic heterocycles. The van der Waals surface area contributed by atoms with Gasteiger partial charge in [-0.05, 0) is 55.5 Å². The Hall–Kier alpha value is -2.51. The van der Waals surface area contributed by atoms with Crippen molar-refractivity contribution in [2.24, 2.45) is 0 Å². The third-order valence-electron chi connectivity index (χ3n) is 4.04. The number of halogens is 1. The molecular formula is C21H22ClN3O3S. The van der Waals surface area contributed by atoms with Crippen LogP contribution in [0, 0.1) is 0 Å². The summed E-state index contributed by atoms with van der Waals surface area (Å²) in [5.41, 5.74) is 0.858. The van der Waals surface area contributed by atoms with Gasteiger partial charge in [-0.3, -0.25) is 9.36 Å². The number of ether oxygens (including phenoxy) is 2. The third-order valence-corrected chi connectivity index (χ3v) is 5.29. The van der Waals surface area contributed by atoms with Gasteiger partial charge in [-0.25, -0.2) is 0 Å². The standard InChI is InChI=1S/C21H22ClN3O3S/c1-3-17(26)14-29-21-24-23-20(25(21)16-7-5-15(22)6-8-16)13-28-19-11-9-18(10-12-19)27-4-2/h5-12H,3-4,13-14H2,1-2H3. The summed E-state index contributed by atoms with van der Waals surface area (Å²) in [6.45, 7) is 4.64. The first-order chi connectivity index (χ1) is 14.1. The second-order valence-electron chi connectivity index (χ2n) is 6.08. The van der Waals surface area contributed by atoms with Crippen LogP contribution in [-0.4, -0.2) is 32.9 Å². The van der Waals surface area contributed by atoms with E-state index >= 15 is 0 Å². The Balaban J connectivity index is 1.80. The van der Waals surface area contributed by atoms with Crippen LogP contribution in [0.2, 0.25) is 5.02 Å². The number of aromatic nitrogens is 3. The molecule has 0 aliphatic heterocycles. The van der Waals surface area contributed by atoms with E-state index in [1.165, 1.54) is 11.8 Å². The number of thioether (sulfide) groups is 1. The lowest BCUT2D eigenvalue weighted by Crippen LogP contribution is -2.07. The zero-order valence-corrected chi connectivity index (χ0v) is 17.9. The van der Waals surface area contributed by atoms with E-state index in [0.29, 0.717) is 40.5 Å². The molecule has 6 nitrogen and oxygen atoms in total. The maximum atomic E-state index is 11.7. The fourth-order valence-corrected chi connectivity index (χ4v) is 3.59. The van der Waals surface area contributed by atoms with E-state index in [9.17, 15) is 4.79 Å². The average Bonchev–Trinajstić information content (AvgIpc) is 3.15. The van der Waals surface area contributed by atoms with Crippen LogP contribution in [0.5, 0.6) is 11.5 Å². The van der Waals surface area contributed by atoms with Crippen molar-refractivity contribution in [2.45, 2.75) is 32.0 Å². The molecule has 0 amide bonds. The highest BCUT2D eigenvalue weighted by molar-refractivity contribution is 7.99. The summed E-state index contributed by atoms with van der Waals surface area (Å²) in [6.07, 6.45) is 0.496. The van der Waals surface area contributed by atoms with Gasteiger partial charge in [0, 0.05) is 17.1 Å². The minimum Gasteiger partial charge on any atom is -0.494 e. The van der Waals surface area contributed by atoms with Gasteiger partial charge in [0.1, 0.15) is 23.9 Å². The van der Waals surface area contributed by atoms with Crippen LogP contribution in [-0.2, 0) is 11.4 Å². The minimum atomic E-state index is 0.160. The molecular weight excluding hydrogens is 410 g/mol. The normalized spacial score (nSPS) is 10.7. The van der Waals surface area contributed by atoms with Crippen molar-refractivity contribution >= 4 is 29.1 Å². The molecule has 0 atom stereocenters. The van der Waals surface area contributed by atoms with Crippen LogP contribution in [0.4, 0.5) is 0 Å². The Bertz CT molecular complexity index is 943. The van der Waals surface area contributed by atoms with Gasteiger partial charge in [-0.2, -0.15) is 0 Å². The van der Waals surface area contributed by atoms with Gasteiger partial charge in [-0.1, -0.05) is 30.3 Å². The molecule has 0 fully saturated rings. The number of Topliss-reactive ketones (excluding diaryl/α,β-unsaturated/α-hetero) is 1. The maximum absolute atomic E-state index is 11.7. The molecule has 8 heteroatoms. The van der Waals surface area contributed by atoms with Gasteiger partial charge in [0.2, 0.25) is 0 Å². The van der Waals surface area contributed by atoms with Crippen molar-refractivity contribution in [3.63, 3.8) is 0 Å². The monoisotopic (exact) mass is 431 g/mol. The van der Waals surface area contributed by atoms with E-state index in [4.69, 9.17) is 21.1 Å². The molecule has 29 heavy (non-hydrogen) atoms. The van der Waals surface area contributed by atoms with Crippen molar-refractivity contribution < 1.29 is 14.3 Å². The Kier molecular flexibility index (Phi) is 7.55. The summed E-state index contributed by atoms with van der Waals surface area (Å²) < 4.78 is 13.2. The summed E-state index contributed by atoms with van der Waals surface area (Å²) in [6, 6.07) is 14.8. The van der Waals surface area contributed by atoms with Crippen LogP contribution in [0.3, 0.4) is 0 Å². The van der Waals surface area contributed by atoms with Crippen LogP contribution in [0.1, 0.15) is 26.1 Å². The molecule has 0 saturated heterocycles. The first kappa shape index (κ1) is 21.2. The first-order valence-electron chi connectivity index (χ1n) is 9.31. The Morgan fingerprint density at radius 2 is 1.66 bits per heavy atom. The molecule has 0 unspecified atom stereocenters. The average molecular weight is 432 g/mol. The molecule has 0 aliphatic rings. The number of carbonyl (C=O) groups is 1. The molecule has 2 aromatic carbocycles. The molecule has 0 N–H and O–H groups in total. The molecule has 0 aliphatic carbocycles. The molecule has 0 bridgehead atoms. The highest BCUT2D eigenvalue weighted by Crippen LogP contribution is 2.25. The zero-order chi connectivity index (χ0) is 20.6. The van der Waals surface area contributed by atoms with E-state index in [-0.39, 0.29) is 12.4 Å². The number of hydrogen-bond acceptors (Lipinski definition) is 6. The van der Waals surface area contributed by atoms with Crippen LogP contribution in [0.15, 0.2) is 53.7 Å². The van der Waals surface area contributed by atoms with Gasteiger partial charge in [0.25, 0.3) is 0 Å². The molecule has 0 spiro atoms. The summed E-state index contributed by atoms with van der Waals surface area (Å²) in [4.78, 5) is 11.7. The number of nitrogens with zero attached hydrogens (tertiary/aromatic N) is 3. The molecule has 1 heterocycles. The lowest BCUT2D eigenvalue weighted by atomic mass is 10.3. The van der Waals surface area contributed by atoms with E-state index in [2.05, 4.69) is 10.2 Å². The molecule has 0 saturated carbocycles. The van der Waals surface area contributed by atoms with Crippen molar-refractivity contribution in [3.8, 4) is 17.2 Å². The first-order valence-corrected chi connectivity index (χ1v) is 10.7. The number of hydrogen-bond donors (Lipinski definition) is 0. The Morgan fingerprint density at radius 1 is 1.00 bits per heavy atom. The van der Waals surface area contributed by atoms with Crippen molar-refractivity contribution in [1.82, 2.24) is 14.8 Å². The predicted molar refractivity (Wildman–Crippen MR) is 114 cm³/mol. The fraction of sp³-hybridized carbons (Fsp3) is 0.286. The second-order valence-corrected chi connectivity index (χ2v) is 7.46. The van der Waals surface area contributed by atoms with Gasteiger partial charge in [0.05, 0.1) is 12.4 Å². The largest absolute Gasteiger partial charge is 0.494 e. The highest BCUT2D eigenvalue weighted by atomic mass is 35.5. The quantitative estimate of drug-likeness (QED) is 0.422. The Morgan fingerprint density at radius 3 is 2.28 bits per heavy atom. The maximum Gasteiger partial charge on any atom is 0.196 e. The van der Waals surface area contributed by atoms with E-state index in [1.54, 1.807) is 12.1 Å². The van der Waals surface area contributed by atoms with Crippen LogP contribution in [0.25, 0.3) is 5.69 Å². The SMILES string of the molecule is CCOc1ccc(OCc2nnc(SCC(=O)CC)n2-c2ccc(Cl)cc2)cc1. The summed E-state index contributed by atoms with van der Waals surface area (Å²) >= 11 is 7.39. The molecule has 152 valence electrons. The predicted octanol–water partition coefficient (Wildman–Crippen LogP) is 4.97. The minimum absolute atomic E-state index is 0.160. The zero-order valence-electron chi connectivity index (χ0n) is 16.3. The van der Waals surface area contributed by atoms with Gasteiger partial charge in [-0.15, -0.1) is 10.2 Å². The third kappa shape index (κ3) is 5.74. The van der Waals surface area contributed by atoms with Crippen molar-refractivity contribution in [1.29, 1.82) is 0 Å². The number of rotatable bonds is 10. The molecule has 0 radical (unpaired) electrons. The van der Waals surface area contributed by atoms with Gasteiger partial charge >= 0.3 is 0 Å². The molecule has 3 rings (SSSR count). The number of carbonyl (C=O) groups excluding carboxylic acids is 1. The summed E-state index contributed by atoms with van der Waals surface area (Å²) in [5, 5.41) is 9.82. The van der Waals surface area contributed by atoms with Crippen molar-refractivity contribution in [2.75, 3.05) is 12.4 Å². The topological polar surface area (TPSA) is 66.2 Å². The second kappa shape index (κ2) is 10.3. The van der Waals surface area contributed by atoms with Crippen LogP contribution >= 0.6 is 23.4 Å².